The lowest BCUT2D eigenvalue weighted by Gasteiger charge is -2.14. The average Bonchev–Trinajstić information content (AvgIpc) is 1.30. The summed E-state index contributed by atoms with van der Waals surface area (Å²) in [4.78, 5) is 0. The van der Waals surface area contributed by atoms with Gasteiger partial charge in [0.2, 0.25) is 0 Å². The summed E-state index contributed by atoms with van der Waals surface area (Å²) in [7, 11) is 0. The van der Waals surface area contributed by atoms with Crippen molar-refractivity contribution in [3.05, 3.63) is 6.92 Å². The van der Waals surface area contributed by atoms with E-state index in [4.69, 9.17) is 10.8 Å². The van der Waals surface area contributed by atoms with Crippen molar-refractivity contribution in [3.8, 4) is 0 Å². The molecule has 0 saturated carbocycles. The summed E-state index contributed by atoms with van der Waals surface area (Å²) in [6.45, 7) is 5.48. The minimum atomic E-state index is -0.450. The number of rotatable bonds is 2. The molecule has 0 aliphatic heterocycles. The molecular weight excluding hydrogens is 90.1 g/mol. The molecule has 0 aliphatic rings. The van der Waals surface area contributed by atoms with Crippen LogP contribution in [0.5, 0.6) is 0 Å². The monoisotopic (exact) mass is 102 g/mol. The molecule has 43 valence electrons. The van der Waals surface area contributed by atoms with Crippen LogP contribution in [-0.4, -0.2) is 17.3 Å². The lowest BCUT2D eigenvalue weighted by Crippen LogP contribution is -2.33. The summed E-state index contributed by atoms with van der Waals surface area (Å²) in [5, 5.41) is 8.28. The van der Waals surface area contributed by atoms with E-state index >= 15 is 0 Å². The van der Waals surface area contributed by atoms with E-state index in [0.717, 1.165) is 0 Å². The maximum Gasteiger partial charge on any atom is 0.0448 e. The molecule has 0 rings (SSSR count). The highest BCUT2D eigenvalue weighted by molar-refractivity contribution is 4.79. The van der Waals surface area contributed by atoms with Gasteiger partial charge < -0.3 is 10.8 Å². The number of aliphatic hydroxyl groups excluding tert-OH is 1. The maximum absolute atomic E-state index is 8.28. The summed E-state index contributed by atoms with van der Waals surface area (Å²) < 4.78 is 0. The first kappa shape index (κ1) is 6.92. The summed E-state index contributed by atoms with van der Waals surface area (Å²) in [6.07, 6.45) is 0.562. The molecule has 2 heteroatoms. The van der Waals surface area contributed by atoms with Gasteiger partial charge in [-0.2, -0.15) is 0 Å². The van der Waals surface area contributed by atoms with Gasteiger partial charge in [-0.25, -0.2) is 0 Å². The predicted octanol–water partition coefficient (Wildman–Crippen LogP) is -0.0797. The second kappa shape index (κ2) is 2.28. The first-order valence-corrected chi connectivity index (χ1v) is 2.31. The normalized spacial score (nSPS) is 12.0. The second-order valence-electron chi connectivity index (χ2n) is 2.13. The van der Waals surface area contributed by atoms with Gasteiger partial charge in [0.25, 0.3) is 0 Å². The van der Waals surface area contributed by atoms with E-state index < -0.39 is 5.54 Å². The number of aliphatic hydroxyl groups is 1. The third-order valence-electron chi connectivity index (χ3n) is 0.683. The van der Waals surface area contributed by atoms with E-state index in [1.807, 2.05) is 0 Å². The van der Waals surface area contributed by atoms with Crippen molar-refractivity contribution in [1.82, 2.24) is 0 Å². The molecule has 0 aromatic carbocycles. The van der Waals surface area contributed by atoms with Crippen LogP contribution < -0.4 is 5.73 Å². The summed E-state index contributed by atoms with van der Waals surface area (Å²) in [5.41, 5.74) is 4.93. The molecule has 0 amide bonds. The largest absolute Gasteiger partial charge is 0.396 e. The van der Waals surface area contributed by atoms with E-state index in [2.05, 4.69) is 6.92 Å². The van der Waals surface area contributed by atoms with Crippen LogP contribution in [0.1, 0.15) is 13.3 Å². The number of hydrogen-bond acceptors (Lipinski definition) is 2. The van der Waals surface area contributed by atoms with Gasteiger partial charge in [0.1, 0.15) is 0 Å². The molecule has 0 bridgehead atoms. The van der Waals surface area contributed by atoms with Gasteiger partial charge in [-0.3, -0.25) is 0 Å². The van der Waals surface area contributed by atoms with Gasteiger partial charge in [-0.1, -0.05) is 0 Å². The van der Waals surface area contributed by atoms with Crippen molar-refractivity contribution >= 4 is 0 Å². The quantitative estimate of drug-likeness (QED) is 0.512. The zero-order chi connectivity index (χ0) is 5.91. The standard InChI is InChI=1S/C5H12NO/c1-5(2,6)3-4-7/h7H,1,3-4,6H2,2H3. The first-order valence-electron chi connectivity index (χ1n) is 2.31. The zero-order valence-electron chi connectivity index (χ0n) is 4.65. The number of hydrogen-bond donors (Lipinski definition) is 2. The molecule has 7 heavy (non-hydrogen) atoms. The molecule has 1 atom stereocenters. The Bertz CT molecular complexity index is 46.5. The Morgan fingerprint density at radius 3 is 2.29 bits per heavy atom. The van der Waals surface area contributed by atoms with Crippen LogP contribution in [0.15, 0.2) is 0 Å². The van der Waals surface area contributed by atoms with Gasteiger partial charge in [0.15, 0.2) is 0 Å². The van der Waals surface area contributed by atoms with Gasteiger partial charge in [0, 0.05) is 12.1 Å². The van der Waals surface area contributed by atoms with Crippen molar-refractivity contribution in [3.63, 3.8) is 0 Å². The lowest BCUT2D eigenvalue weighted by molar-refractivity contribution is 0.262. The summed E-state index contributed by atoms with van der Waals surface area (Å²) in [5.74, 6) is 0. The molecule has 0 spiro atoms. The molecule has 1 unspecified atom stereocenters. The average molecular weight is 102 g/mol. The Morgan fingerprint density at radius 2 is 2.29 bits per heavy atom. The highest BCUT2D eigenvalue weighted by atomic mass is 16.3. The van der Waals surface area contributed by atoms with E-state index in [1.165, 1.54) is 0 Å². The van der Waals surface area contributed by atoms with Crippen LogP contribution in [-0.2, 0) is 0 Å². The lowest BCUT2D eigenvalue weighted by atomic mass is 10.0. The Kier molecular flexibility index (Phi) is 2.26. The second-order valence-corrected chi connectivity index (χ2v) is 2.13. The van der Waals surface area contributed by atoms with Gasteiger partial charge >= 0.3 is 0 Å². The van der Waals surface area contributed by atoms with Gasteiger partial charge in [0.05, 0.1) is 0 Å². The van der Waals surface area contributed by atoms with Crippen LogP contribution in [0.25, 0.3) is 0 Å². The van der Waals surface area contributed by atoms with Crippen molar-refractivity contribution in [1.29, 1.82) is 0 Å². The Hall–Kier alpha value is -0.0800. The van der Waals surface area contributed by atoms with Crippen molar-refractivity contribution < 1.29 is 5.11 Å². The molecule has 0 aliphatic carbocycles. The third kappa shape index (κ3) is 5.92. The Balaban J connectivity index is 3.15. The van der Waals surface area contributed by atoms with E-state index in [1.54, 1.807) is 6.92 Å². The fraction of sp³-hybridized carbons (Fsp3) is 0.800. The first-order chi connectivity index (χ1) is 3.06. The molecule has 1 radical (unpaired) electrons. The maximum atomic E-state index is 8.28. The predicted molar refractivity (Wildman–Crippen MR) is 29.7 cm³/mol. The van der Waals surface area contributed by atoms with Crippen molar-refractivity contribution in [2.24, 2.45) is 5.73 Å². The molecule has 3 N–H and O–H groups in total. The molecule has 0 aromatic heterocycles. The van der Waals surface area contributed by atoms with E-state index in [0.29, 0.717) is 6.42 Å². The zero-order valence-corrected chi connectivity index (χ0v) is 4.65. The van der Waals surface area contributed by atoms with E-state index in [9.17, 15) is 0 Å². The van der Waals surface area contributed by atoms with Crippen LogP contribution in [0.4, 0.5) is 0 Å². The van der Waals surface area contributed by atoms with Crippen LogP contribution >= 0.6 is 0 Å². The van der Waals surface area contributed by atoms with E-state index in [-0.39, 0.29) is 6.61 Å². The molecule has 0 fully saturated rings. The fourth-order valence-electron chi connectivity index (χ4n) is 0.255. The SMILES string of the molecule is [CH2]C(C)(N)CCO. The van der Waals surface area contributed by atoms with Gasteiger partial charge in [-0.05, 0) is 20.3 Å². The highest BCUT2D eigenvalue weighted by Gasteiger charge is 2.07. The molecule has 0 saturated heterocycles. The molecular formula is C5H12NO. The fourth-order valence-corrected chi connectivity index (χ4v) is 0.255. The van der Waals surface area contributed by atoms with Crippen LogP contribution in [0.3, 0.4) is 0 Å². The van der Waals surface area contributed by atoms with Crippen LogP contribution in [0, 0.1) is 6.92 Å². The highest BCUT2D eigenvalue weighted by Crippen LogP contribution is 1.99. The van der Waals surface area contributed by atoms with Crippen molar-refractivity contribution in [2.75, 3.05) is 6.61 Å². The third-order valence-corrected chi connectivity index (χ3v) is 0.683. The smallest absolute Gasteiger partial charge is 0.0448 e. The summed E-state index contributed by atoms with van der Waals surface area (Å²) >= 11 is 0. The molecule has 0 aromatic rings. The topological polar surface area (TPSA) is 46.2 Å². The Labute approximate surface area is 44.3 Å². The molecule has 0 heterocycles. The Morgan fingerprint density at radius 1 is 1.86 bits per heavy atom. The van der Waals surface area contributed by atoms with Crippen LogP contribution in [0.2, 0.25) is 0 Å². The summed E-state index contributed by atoms with van der Waals surface area (Å²) in [6, 6.07) is 0. The van der Waals surface area contributed by atoms with Crippen molar-refractivity contribution in [2.45, 2.75) is 18.9 Å². The minimum Gasteiger partial charge on any atom is -0.396 e. The number of nitrogens with two attached hydrogens (primary N) is 1. The minimum absolute atomic E-state index is 0.122. The van der Waals surface area contributed by atoms with Gasteiger partial charge in [-0.15, -0.1) is 0 Å². The molecule has 2 nitrogen and oxygen atoms in total.